The van der Waals surface area contributed by atoms with E-state index in [1.54, 1.807) is 25.9 Å². The van der Waals surface area contributed by atoms with Gasteiger partial charge in [0.15, 0.2) is 5.78 Å². The van der Waals surface area contributed by atoms with Gasteiger partial charge >= 0.3 is 12.0 Å². The lowest BCUT2D eigenvalue weighted by atomic mass is 10.2. The molecule has 0 aromatic carbocycles. The molecule has 0 aliphatic carbocycles. The molecular weight excluding hydrogens is 238 g/mol. The molecule has 0 atom stereocenters. The van der Waals surface area contributed by atoms with Crippen LogP contribution in [0.1, 0.15) is 13.3 Å². The fourth-order valence-corrected chi connectivity index (χ4v) is 1.84. The topological polar surface area (TPSA) is 70.2 Å². The lowest BCUT2D eigenvalue weighted by molar-refractivity contribution is -0.146. The van der Waals surface area contributed by atoms with Crippen molar-refractivity contribution in [1.29, 1.82) is 0 Å². The van der Waals surface area contributed by atoms with Gasteiger partial charge in [-0.2, -0.15) is 0 Å². The summed E-state index contributed by atoms with van der Waals surface area (Å²) in [6.45, 7) is 2.88. The molecule has 0 saturated carbocycles. The Morgan fingerprint density at radius 3 is 2.28 bits per heavy atom. The standard InChI is InChI=1S/C11H19N3O4/c1-4-18-10(16)5-9(15)6-14-7-12(2)11(17)13(3)8-14/h4-8H2,1-3H3. The second kappa shape index (κ2) is 6.34. The first kappa shape index (κ1) is 14.4. The summed E-state index contributed by atoms with van der Waals surface area (Å²) in [5, 5.41) is 0. The lowest BCUT2D eigenvalue weighted by Crippen LogP contribution is -2.56. The van der Waals surface area contributed by atoms with Crippen molar-refractivity contribution in [3.63, 3.8) is 0 Å². The number of esters is 1. The maximum absolute atomic E-state index is 11.6. The van der Waals surface area contributed by atoms with Gasteiger partial charge in [-0.15, -0.1) is 0 Å². The summed E-state index contributed by atoms with van der Waals surface area (Å²) >= 11 is 0. The van der Waals surface area contributed by atoms with E-state index in [4.69, 9.17) is 4.74 Å². The molecule has 1 rings (SSSR count). The van der Waals surface area contributed by atoms with Crippen LogP contribution in [0.5, 0.6) is 0 Å². The largest absolute Gasteiger partial charge is 0.466 e. The summed E-state index contributed by atoms with van der Waals surface area (Å²) in [6.07, 6.45) is -0.217. The van der Waals surface area contributed by atoms with Crippen LogP contribution in [0.15, 0.2) is 0 Å². The summed E-state index contributed by atoms with van der Waals surface area (Å²) in [7, 11) is 3.33. The smallest absolute Gasteiger partial charge is 0.321 e. The molecule has 0 unspecified atom stereocenters. The van der Waals surface area contributed by atoms with E-state index in [0.29, 0.717) is 13.3 Å². The highest BCUT2D eigenvalue weighted by atomic mass is 16.5. The lowest BCUT2D eigenvalue weighted by Gasteiger charge is -2.38. The molecule has 0 spiro atoms. The quantitative estimate of drug-likeness (QED) is 0.500. The SMILES string of the molecule is CCOC(=O)CC(=O)CN1CN(C)C(=O)N(C)C1. The van der Waals surface area contributed by atoms with Gasteiger partial charge in [0.2, 0.25) is 0 Å². The second-order valence-electron chi connectivity index (χ2n) is 4.31. The summed E-state index contributed by atoms with van der Waals surface area (Å²) < 4.78 is 4.71. The van der Waals surface area contributed by atoms with Crippen LogP contribution in [0.3, 0.4) is 0 Å². The molecule has 0 N–H and O–H groups in total. The summed E-state index contributed by atoms with van der Waals surface area (Å²) in [5.74, 6) is -0.707. The average Bonchev–Trinajstić information content (AvgIpc) is 2.25. The van der Waals surface area contributed by atoms with Crippen LogP contribution >= 0.6 is 0 Å². The van der Waals surface area contributed by atoms with E-state index in [2.05, 4.69) is 0 Å². The highest BCUT2D eigenvalue weighted by molar-refractivity contribution is 5.96. The van der Waals surface area contributed by atoms with Gasteiger partial charge < -0.3 is 14.5 Å². The number of hydrogen-bond acceptors (Lipinski definition) is 5. The van der Waals surface area contributed by atoms with Crippen molar-refractivity contribution < 1.29 is 19.1 Å². The number of carbonyl (C=O) groups is 3. The maximum atomic E-state index is 11.6. The van der Waals surface area contributed by atoms with Crippen molar-refractivity contribution in [2.45, 2.75) is 13.3 Å². The molecule has 1 saturated heterocycles. The molecule has 0 aromatic rings. The molecule has 7 nitrogen and oxygen atoms in total. The van der Waals surface area contributed by atoms with Crippen LogP contribution in [0.4, 0.5) is 4.79 Å². The van der Waals surface area contributed by atoms with E-state index in [1.807, 2.05) is 0 Å². The minimum absolute atomic E-state index is 0.0795. The zero-order chi connectivity index (χ0) is 13.7. The number of amides is 2. The van der Waals surface area contributed by atoms with Gasteiger partial charge in [-0.3, -0.25) is 14.5 Å². The molecule has 0 bridgehead atoms. The van der Waals surface area contributed by atoms with E-state index in [0.717, 1.165) is 0 Å². The number of ketones is 1. The molecule has 1 aliphatic heterocycles. The first-order valence-electron chi connectivity index (χ1n) is 5.80. The third kappa shape index (κ3) is 3.99. The number of urea groups is 1. The molecule has 1 heterocycles. The van der Waals surface area contributed by atoms with Crippen LogP contribution in [0.2, 0.25) is 0 Å². The summed E-state index contributed by atoms with van der Waals surface area (Å²) in [6, 6.07) is -0.0795. The number of carbonyl (C=O) groups excluding carboxylic acids is 3. The molecule has 102 valence electrons. The van der Waals surface area contributed by atoms with Gasteiger partial charge in [-0.05, 0) is 6.92 Å². The fraction of sp³-hybridized carbons (Fsp3) is 0.727. The maximum Gasteiger partial charge on any atom is 0.321 e. The molecule has 18 heavy (non-hydrogen) atoms. The first-order valence-corrected chi connectivity index (χ1v) is 5.80. The minimum Gasteiger partial charge on any atom is -0.466 e. The average molecular weight is 257 g/mol. The van der Waals surface area contributed by atoms with E-state index < -0.39 is 5.97 Å². The van der Waals surface area contributed by atoms with E-state index >= 15 is 0 Å². The van der Waals surface area contributed by atoms with Crippen LogP contribution in [-0.2, 0) is 14.3 Å². The molecule has 1 fully saturated rings. The van der Waals surface area contributed by atoms with Crippen molar-refractivity contribution in [2.75, 3.05) is 40.6 Å². The van der Waals surface area contributed by atoms with Crippen molar-refractivity contribution in [3.05, 3.63) is 0 Å². The van der Waals surface area contributed by atoms with Crippen LogP contribution in [-0.4, -0.2) is 73.1 Å². The zero-order valence-corrected chi connectivity index (χ0v) is 11.0. The Bertz CT molecular complexity index is 331. The van der Waals surface area contributed by atoms with E-state index in [-0.39, 0.29) is 31.4 Å². The monoisotopic (exact) mass is 257 g/mol. The molecule has 0 radical (unpaired) electrons. The van der Waals surface area contributed by atoms with Gasteiger partial charge in [0.05, 0.1) is 26.5 Å². The molecule has 7 heteroatoms. The third-order valence-corrected chi connectivity index (χ3v) is 2.52. The van der Waals surface area contributed by atoms with Crippen molar-refractivity contribution in [2.24, 2.45) is 0 Å². The van der Waals surface area contributed by atoms with E-state index in [1.165, 1.54) is 9.80 Å². The van der Waals surface area contributed by atoms with Gasteiger partial charge in [0, 0.05) is 14.1 Å². The highest BCUT2D eigenvalue weighted by Crippen LogP contribution is 2.06. The molecular formula is C11H19N3O4. The van der Waals surface area contributed by atoms with Crippen LogP contribution in [0.25, 0.3) is 0 Å². The van der Waals surface area contributed by atoms with Crippen LogP contribution in [0, 0.1) is 0 Å². The van der Waals surface area contributed by atoms with Crippen LogP contribution < -0.4 is 0 Å². The van der Waals surface area contributed by atoms with Gasteiger partial charge in [0.25, 0.3) is 0 Å². The molecule has 1 aliphatic rings. The zero-order valence-electron chi connectivity index (χ0n) is 11.0. The number of Topliss-reactive ketones (excluding diaryl/α,β-unsaturated/α-hetero) is 1. The summed E-state index contributed by atoms with van der Waals surface area (Å²) in [4.78, 5) is 39.1. The summed E-state index contributed by atoms with van der Waals surface area (Å²) in [5.41, 5.74) is 0. The Kier molecular flexibility index (Phi) is 5.08. The first-order chi connectivity index (χ1) is 8.43. The van der Waals surface area contributed by atoms with Gasteiger partial charge in [0.1, 0.15) is 6.42 Å². The number of ether oxygens (including phenoxy) is 1. The van der Waals surface area contributed by atoms with Crippen molar-refractivity contribution in [1.82, 2.24) is 14.7 Å². The Labute approximate surface area is 106 Å². The van der Waals surface area contributed by atoms with Crippen molar-refractivity contribution >= 4 is 17.8 Å². The Morgan fingerprint density at radius 2 is 1.78 bits per heavy atom. The second-order valence-corrected chi connectivity index (χ2v) is 4.31. The predicted octanol–water partition coefficient (Wildman–Crippen LogP) is -0.277. The Morgan fingerprint density at radius 1 is 1.22 bits per heavy atom. The number of rotatable bonds is 5. The minimum atomic E-state index is -0.503. The molecule has 2 amide bonds. The van der Waals surface area contributed by atoms with E-state index in [9.17, 15) is 14.4 Å². The normalized spacial score (nSPS) is 16.9. The van der Waals surface area contributed by atoms with Gasteiger partial charge in [-0.25, -0.2) is 4.79 Å². The van der Waals surface area contributed by atoms with Crippen molar-refractivity contribution in [3.8, 4) is 0 Å². The predicted molar refractivity (Wildman–Crippen MR) is 63.6 cm³/mol. The third-order valence-electron chi connectivity index (χ3n) is 2.52. The Balaban J connectivity index is 2.41. The highest BCUT2D eigenvalue weighted by Gasteiger charge is 2.26. The number of nitrogens with zero attached hydrogens (tertiary/aromatic N) is 3. The Hall–Kier alpha value is -1.63. The fourth-order valence-electron chi connectivity index (χ4n) is 1.84. The molecule has 0 aromatic heterocycles. The van der Waals surface area contributed by atoms with Gasteiger partial charge in [-0.1, -0.05) is 0 Å². The number of hydrogen-bond donors (Lipinski definition) is 0.